The average Bonchev–Trinajstić information content (AvgIpc) is 2.61. The first-order chi connectivity index (χ1) is 12.7. The number of halogens is 2. The predicted molar refractivity (Wildman–Crippen MR) is 107 cm³/mol. The molecular weight excluding hydrogens is 391 g/mol. The first kappa shape index (κ1) is 21.2. The van der Waals surface area contributed by atoms with Gasteiger partial charge in [0.15, 0.2) is 0 Å². The fourth-order valence-electron chi connectivity index (χ4n) is 2.92. The summed E-state index contributed by atoms with van der Waals surface area (Å²) < 4.78 is 2.18. The van der Waals surface area contributed by atoms with Crippen molar-refractivity contribution in [1.29, 1.82) is 0 Å². The van der Waals surface area contributed by atoms with Crippen LogP contribution in [0.4, 0.5) is 5.82 Å². The number of nitrogens with zero attached hydrogens (tertiary/aromatic N) is 2. The number of rotatable bonds is 7. The number of quaternary nitrogens is 1. The zero-order chi connectivity index (χ0) is 20.3. The lowest BCUT2D eigenvalue weighted by Crippen LogP contribution is -3.08. The Bertz CT molecular complexity index is 982. The zero-order valence-corrected chi connectivity index (χ0v) is 17.0. The number of aromatic nitrogens is 2. The molecule has 0 aliphatic heterocycles. The van der Waals surface area contributed by atoms with E-state index in [1.54, 1.807) is 19.2 Å². The van der Waals surface area contributed by atoms with E-state index in [4.69, 9.17) is 28.9 Å². The summed E-state index contributed by atoms with van der Waals surface area (Å²) in [7, 11) is 3.15. The monoisotopic (exact) mass is 413 g/mol. The van der Waals surface area contributed by atoms with E-state index in [1.165, 1.54) is 11.6 Å². The summed E-state index contributed by atoms with van der Waals surface area (Å²) in [6.45, 7) is 2.68. The maximum absolute atomic E-state index is 12.8. The van der Waals surface area contributed by atoms with Crippen molar-refractivity contribution >= 4 is 34.8 Å². The first-order valence-corrected chi connectivity index (χ1v) is 9.31. The molecule has 2 aromatic rings. The van der Waals surface area contributed by atoms with Gasteiger partial charge in [-0.15, -0.1) is 0 Å². The Morgan fingerprint density at radius 2 is 1.93 bits per heavy atom. The molecular formula is C18H23Cl2N4O3+. The molecule has 2 rings (SSSR count). The summed E-state index contributed by atoms with van der Waals surface area (Å²) in [4.78, 5) is 38.2. The van der Waals surface area contributed by atoms with Crippen LogP contribution in [-0.2, 0) is 20.1 Å². The van der Waals surface area contributed by atoms with Crippen LogP contribution >= 0.6 is 23.2 Å². The number of likely N-dealkylation sites (N-methyl/N-ethyl adjacent to an activating group) is 1. The molecule has 27 heavy (non-hydrogen) atoms. The smallest absolute Gasteiger partial charge is 0.332 e. The van der Waals surface area contributed by atoms with Crippen LogP contribution in [0.15, 0.2) is 27.8 Å². The fourth-order valence-corrected chi connectivity index (χ4v) is 3.31. The summed E-state index contributed by atoms with van der Waals surface area (Å²) in [6, 6.07) is 5.30. The zero-order valence-electron chi connectivity index (χ0n) is 15.5. The highest BCUT2D eigenvalue weighted by Gasteiger charge is 2.24. The van der Waals surface area contributed by atoms with Crippen molar-refractivity contribution in [3.63, 3.8) is 0 Å². The number of hydrogen-bond acceptors (Lipinski definition) is 4. The minimum atomic E-state index is -0.677. The topological polar surface area (TPSA) is 91.5 Å². The quantitative estimate of drug-likeness (QED) is 0.654. The number of carbonyl (C=O) groups is 1. The van der Waals surface area contributed by atoms with Gasteiger partial charge >= 0.3 is 5.69 Å². The van der Waals surface area contributed by atoms with Gasteiger partial charge in [0, 0.05) is 19.2 Å². The Labute approximate surface area is 166 Å². The number of anilines is 1. The lowest BCUT2D eigenvalue weighted by molar-refractivity contribution is -0.884. The van der Waals surface area contributed by atoms with Gasteiger partial charge in [-0.3, -0.25) is 18.7 Å². The maximum atomic E-state index is 12.8. The van der Waals surface area contributed by atoms with E-state index in [1.807, 2.05) is 13.0 Å². The normalized spacial score (nSPS) is 12.2. The van der Waals surface area contributed by atoms with Crippen molar-refractivity contribution in [2.45, 2.75) is 26.4 Å². The molecule has 0 saturated heterocycles. The van der Waals surface area contributed by atoms with E-state index >= 15 is 0 Å². The van der Waals surface area contributed by atoms with Crippen LogP contribution in [-0.4, -0.2) is 28.5 Å². The molecule has 1 atom stereocenters. The van der Waals surface area contributed by atoms with Gasteiger partial charge in [-0.05, 0) is 12.5 Å². The van der Waals surface area contributed by atoms with Crippen molar-refractivity contribution in [3.8, 4) is 0 Å². The Balaban J connectivity index is 2.31. The highest BCUT2D eigenvalue weighted by molar-refractivity contribution is 6.42. The molecule has 1 heterocycles. The van der Waals surface area contributed by atoms with E-state index in [2.05, 4.69) is 0 Å². The van der Waals surface area contributed by atoms with Gasteiger partial charge in [0.1, 0.15) is 24.5 Å². The molecule has 3 N–H and O–H groups in total. The van der Waals surface area contributed by atoms with Crippen LogP contribution in [0, 0.1) is 0 Å². The number of ketones is 1. The second kappa shape index (κ2) is 8.73. The predicted octanol–water partition coefficient (Wildman–Crippen LogP) is 0.744. The highest BCUT2D eigenvalue weighted by atomic mass is 35.5. The second-order valence-corrected chi connectivity index (χ2v) is 7.29. The van der Waals surface area contributed by atoms with Gasteiger partial charge in [0.25, 0.3) is 5.56 Å². The lowest BCUT2D eigenvalue weighted by atomic mass is 10.1. The van der Waals surface area contributed by atoms with Crippen LogP contribution in [0.2, 0.25) is 10.0 Å². The number of nitrogens with one attached hydrogen (secondary N) is 1. The standard InChI is InChI=1S/C18H22Cl2N4O3/c1-4-8-24-16(21)14(17(26)23(3)18(24)27)13(25)10-22(2)9-11-6-5-7-12(19)15(11)20/h5-7H,4,8-10,21H2,1-3H3/p+1. The highest BCUT2D eigenvalue weighted by Crippen LogP contribution is 2.24. The molecule has 0 aliphatic rings. The van der Waals surface area contributed by atoms with Gasteiger partial charge in [-0.1, -0.05) is 42.3 Å². The number of carbonyl (C=O) groups excluding carboxylic acids is 1. The minimum absolute atomic E-state index is 0.0204. The summed E-state index contributed by atoms with van der Waals surface area (Å²) >= 11 is 12.2. The average molecular weight is 414 g/mol. The van der Waals surface area contributed by atoms with Crippen LogP contribution in [0.25, 0.3) is 0 Å². The SMILES string of the molecule is CCCn1c(N)c(C(=O)C[NH+](C)Cc2cccc(Cl)c2Cl)c(=O)n(C)c1=O. The van der Waals surface area contributed by atoms with Crippen molar-refractivity contribution < 1.29 is 9.69 Å². The lowest BCUT2D eigenvalue weighted by Gasteiger charge is -2.17. The third-order valence-corrected chi connectivity index (χ3v) is 5.15. The number of Topliss-reactive ketones (excluding diaryl/α,β-unsaturated/α-hetero) is 1. The van der Waals surface area contributed by atoms with Crippen LogP contribution in [0.1, 0.15) is 29.3 Å². The molecule has 146 valence electrons. The molecule has 1 aromatic heterocycles. The van der Waals surface area contributed by atoms with Crippen molar-refractivity contribution in [3.05, 3.63) is 60.2 Å². The minimum Gasteiger partial charge on any atom is -0.384 e. The summed E-state index contributed by atoms with van der Waals surface area (Å²) in [5.74, 6) is -0.503. The number of hydrogen-bond donors (Lipinski definition) is 2. The largest absolute Gasteiger partial charge is 0.384 e. The Morgan fingerprint density at radius 3 is 2.56 bits per heavy atom. The van der Waals surface area contributed by atoms with E-state index in [9.17, 15) is 14.4 Å². The molecule has 0 saturated carbocycles. The Hall–Kier alpha value is -2.09. The summed E-state index contributed by atoms with van der Waals surface area (Å²) in [6.07, 6.45) is 0.647. The third-order valence-electron chi connectivity index (χ3n) is 4.30. The van der Waals surface area contributed by atoms with Gasteiger partial charge in [0.2, 0.25) is 5.78 Å². The summed E-state index contributed by atoms with van der Waals surface area (Å²) in [5.41, 5.74) is 5.44. The number of benzene rings is 1. The molecule has 0 radical (unpaired) electrons. The Morgan fingerprint density at radius 1 is 1.26 bits per heavy atom. The van der Waals surface area contributed by atoms with Gasteiger partial charge in [0.05, 0.1) is 17.1 Å². The molecule has 1 aromatic carbocycles. The van der Waals surface area contributed by atoms with Gasteiger partial charge < -0.3 is 10.6 Å². The van der Waals surface area contributed by atoms with Gasteiger partial charge in [-0.25, -0.2) is 4.79 Å². The van der Waals surface area contributed by atoms with Crippen molar-refractivity contribution in [2.75, 3.05) is 19.3 Å². The maximum Gasteiger partial charge on any atom is 0.332 e. The van der Waals surface area contributed by atoms with E-state index in [0.29, 0.717) is 29.6 Å². The molecule has 1 unspecified atom stereocenters. The summed E-state index contributed by atoms with van der Waals surface area (Å²) in [5, 5.41) is 0.885. The van der Waals surface area contributed by atoms with Crippen LogP contribution in [0.3, 0.4) is 0 Å². The fraction of sp³-hybridized carbons (Fsp3) is 0.389. The van der Waals surface area contributed by atoms with Crippen molar-refractivity contribution in [1.82, 2.24) is 9.13 Å². The van der Waals surface area contributed by atoms with E-state index < -0.39 is 17.0 Å². The third kappa shape index (κ3) is 4.43. The van der Waals surface area contributed by atoms with Crippen LogP contribution in [0.5, 0.6) is 0 Å². The van der Waals surface area contributed by atoms with E-state index in [0.717, 1.165) is 15.0 Å². The number of nitrogens with two attached hydrogens (primary N) is 1. The molecule has 0 bridgehead atoms. The molecule has 0 aliphatic carbocycles. The molecule has 0 fully saturated rings. The van der Waals surface area contributed by atoms with E-state index in [-0.39, 0.29) is 17.9 Å². The number of nitrogen functional groups attached to an aromatic ring is 1. The Kier molecular flexibility index (Phi) is 6.86. The molecule has 0 spiro atoms. The van der Waals surface area contributed by atoms with Crippen molar-refractivity contribution in [2.24, 2.45) is 7.05 Å². The molecule has 7 nitrogen and oxygen atoms in total. The van der Waals surface area contributed by atoms with Gasteiger partial charge in [-0.2, -0.15) is 0 Å². The first-order valence-electron chi connectivity index (χ1n) is 8.55. The van der Waals surface area contributed by atoms with Crippen LogP contribution < -0.4 is 21.9 Å². The second-order valence-electron chi connectivity index (χ2n) is 6.51. The molecule has 9 heteroatoms. The molecule has 0 amide bonds.